The van der Waals surface area contributed by atoms with Crippen molar-refractivity contribution in [1.82, 2.24) is 29.6 Å². The highest BCUT2D eigenvalue weighted by atomic mass is 16.5. The summed E-state index contributed by atoms with van der Waals surface area (Å²) < 4.78 is 9.19. The molecule has 1 amide bonds. The zero-order chi connectivity index (χ0) is 22.6. The van der Waals surface area contributed by atoms with Crippen LogP contribution in [0, 0.1) is 20.8 Å². The van der Waals surface area contributed by atoms with E-state index < -0.39 is 0 Å². The number of nitrogens with zero attached hydrogens (tertiary/aromatic N) is 7. The van der Waals surface area contributed by atoms with Crippen molar-refractivity contribution >= 4 is 17.4 Å². The topological polar surface area (TPSA) is 90.4 Å². The van der Waals surface area contributed by atoms with E-state index in [0.29, 0.717) is 29.6 Å². The first-order valence-electron chi connectivity index (χ1n) is 10.7. The van der Waals surface area contributed by atoms with E-state index in [-0.39, 0.29) is 11.9 Å². The molecule has 1 aromatic carbocycles. The summed E-state index contributed by atoms with van der Waals surface area (Å²) in [5, 5.41) is 17.5. The van der Waals surface area contributed by atoms with Crippen molar-refractivity contribution < 1.29 is 9.53 Å². The van der Waals surface area contributed by atoms with Gasteiger partial charge in [0.2, 0.25) is 0 Å². The Morgan fingerprint density at radius 1 is 1.06 bits per heavy atom. The molecule has 9 nitrogen and oxygen atoms in total. The number of carbonyl (C=O) groups is 1. The second-order valence-corrected chi connectivity index (χ2v) is 8.13. The standard InChI is InChI=1S/C23H25N7O2/c1-6-11-32-17-9-7-16(8-10-17)21-19-14(3)28(5)27-20(19)23(31)29(21)18-12-13(2)22-25-24-15(4)30(22)26-18/h7-10,12,21H,6,11H2,1-5H3. The fourth-order valence-corrected chi connectivity index (χ4v) is 4.22. The summed E-state index contributed by atoms with van der Waals surface area (Å²) in [5.74, 6) is 1.85. The summed E-state index contributed by atoms with van der Waals surface area (Å²) in [7, 11) is 1.86. The van der Waals surface area contributed by atoms with Crippen LogP contribution in [0.25, 0.3) is 5.65 Å². The van der Waals surface area contributed by atoms with E-state index in [2.05, 4.69) is 22.2 Å². The molecular weight excluding hydrogens is 406 g/mol. The Balaban J connectivity index is 1.66. The molecule has 5 rings (SSSR count). The molecule has 4 aromatic rings. The third kappa shape index (κ3) is 2.96. The predicted molar refractivity (Wildman–Crippen MR) is 119 cm³/mol. The molecule has 1 aliphatic heterocycles. The molecule has 1 unspecified atom stereocenters. The monoisotopic (exact) mass is 431 g/mol. The maximum Gasteiger partial charge on any atom is 0.281 e. The number of carbonyl (C=O) groups excluding carboxylic acids is 1. The molecule has 0 radical (unpaired) electrons. The first kappa shape index (κ1) is 20.2. The van der Waals surface area contributed by atoms with Gasteiger partial charge < -0.3 is 4.74 Å². The van der Waals surface area contributed by atoms with Crippen LogP contribution in [0.2, 0.25) is 0 Å². The van der Waals surface area contributed by atoms with Gasteiger partial charge in [-0.3, -0.25) is 14.4 Å². The number of benzene rings is 1. The fraction of sp³-hybridized carbons (Fsp3) is 0.348. The van der Waals surface area contributed by atoms with Crippen LogP contribution in [-0.4, -0.2) is 42.1 Å². The van der Waals surface area contributed by atoms with E-state index in [1.165, 1.54) is 0 Å². The van der Waals surface area contributed by atoms with Gasteiger partial charge in [0, 0.05) is 18.3 Å². The maximum absolute atomic E-state index is 13.6. The fourth-order valence-electron chi connectivity index (χ4n) is 4.22. The summed E-state index contributed by atoms with van der Waals surface area (Å²) in [6, 6.07) is 9.45. The number of hydrogen-bond donors (Lipinski definition) is 0. The third-order valence-corrected chi connectivity index (χ3v) is 5.95. The number of aromatic nitrogens is 6. The Morgan fingerprint density at radius 3 is 2.53 bits per heavy atom. The summed E-state index contributed by atoms with van der Waals surface area (Å²) in [6.45, 7) is 8.52. The van der Waals surface area contributed by atoms with Gasteiger partial charge in [0.25, 0.3) is 5.91 Å². The van der Waals surface area contributed by atoms with Gasteiger partial charge in [-0.25, -0.2) is 0 Å². The molecule has 0 saturated heterocycles. The first-order chi connectivity index (χ1) is 15.4. The van der Waals surface area contributed by atoms with E-state index in [4.69, 9.17) is 9.84 Å². The van der Waals surface area contributed by atoms with Gasteiger partial charge >= 0.3 is 0 Å². The Hall–Kier alpha value is -3.75. The smallest absolute Gasteiger partial charge is 0.281 e. The molecule has 3 aromatic heterocycles. The zero-order valence-corrected chi connectivity index (χ0v) is 18.8. The Kier molecular flexibility index (Phi) is 4.69. The molecule has 32 heavy (non-hydrogen) atoms. The van der Waals surface area contributed by atoms with Crippen LogP contribution >= 0.6 is 0 Å². The molecular formula is C23H25N7O2. The van der Waals surface area contributed by atoms with Crippen molar-refractivity contribution in [3.63, 3.8) is 0 Å². The predicted octanol–water partition coefficient (Wildman–Crippen LogP) is 3.32. The number of hydrogen-bond acceptors (Lipinski definition) is 6. The van der Waals surface area contributed by atoms with Crippen molar-refractivity contribution in [2.24, 2.45) is 7.05 Å². The minimum Gasteiger partial charge on any atom is -0.494 e. The lowest BCUT2D eigenvalue weighted by Gasteiger charge is -2.26. The van der Waals surface area contributed by atoms with Crippen molar-refractivity contribution in [2.75, 3.05) is 11.5 Å². The Labute approximate surface area is 185 Å². The van der Waals surface area contributed by atoms with Crippen LogP contribution in [0.3, 0.4) is 0 Å². The lowest BCUT2D eigenvalue weighted by atomic mass is 9.99. The summed E-state index contributed by atoms with van der Waals surface area (Å²) in [6.07, 6.45) is 0.945. The minimum atomic E-state index is -0.340. The number of anilines is 1. The molecule has 4 heterocycles. The Morgan fingerprint density at radius 2 is 1.81 bits per heavy atom. The highest BCUT2D eigenvalue weighted by Crippen LogP contribution is 2.42. The normalized spacial score (nSPS) is 15.6. The highest BCUT2D eigenvalue weighted by molar-refractivity contribution is 6.10. The molecule has 0 bridgehead atoms. The van der Waals surface area contributed by atoms with Gasteiger partial charge in [0.05, 0.1) is 12.6 Å². The average Bonchev–Trinajstić information content (AvgIpc) is 3.40. The summed E-state index contributed by atoms with van der Waals surface area (Å²) in [5.41, 5.74) is 4.86. The molecule has 0 saturated carbocycles. The van der Waals surface area contributed by atoms with Crippen molar-refractivity contribution in [3.05, 3.63) is 64.2 Å². The van der Waals surface area contributed by atoms with E-state index in [1.54, 1.807) is 14.1 Å². The second-order valence-electron chi connectivity index (χ2n) is 8.13. The molecule has 0 aliphatic carbocycles. The molecule has 1 atom stereocenters. The number of amides is 1. The lowest BCUT2D eigenvalue weighted by molar-refractivity contribution is 0.0987. The summed E-state index contributed by atoms with van der Waals surface area (Å²) >= 11 is 0. The lowest BCUT2D eigenvalue weighted by Crippen LogP contribution is -2.31. The number of aryl methyl sites for hydroxylation is 3. The van der Waals surface area contributed by atoms with E-state index in [9.17, 15) is 4.79 Å². The van der Waals surface area contributed by atoms with Crippen LogP contribution in [0.1, 0.15) is 58.1 Å². The number of rotatable bonds is 5. The van der Waals surface area contributed by atoms with E-state index in [0.717, 1.165) is 34.6 Å². The van der Waals surface area contributed by atoms with Gasteiger partial charge in [-0.05, 0) is 56.5 Å². The quantitative estimate of drug-likeness (QED) is 0.481. The first-order valence-corrected chi connectivity index (χ1v) is 10.7. The molecule has 0 N–H and O–H groups in total. The van der Waals surface area contributed by atoms with Crippen LogP contribution < -0.4 is 9.64 Å². The van der Waals surface area contributed by atoms with Crippen LogP contribution in [0.5, 0.6) is 5.75 Å². The highest BCUT2D eigenvalue weighted by Gasteiger charge is 2.44. The van der Waals surface area contributed by atoms with Gasteiger partial charge in [-0.15, -0.1) is 15.3 Å². The van der Waals surface area contributed by atoms with Crippen LogP contribution in [0.15, 0.2) is 30.3 Å². The van der Waals surface area contributed by atoms with Crippen LogP contribution in [-0.2, 0) is 7.05 Å². The molecule has 164 valence electrons. The largest absolute Gasteiger partial charge is 0.494 e. The van der Waals surface area contributed by atoms with Gasteiger partial charge in [0.15, 0.2) is 23.0 Å². The molecule has 9 heteroatoms. The summed E-state index contributed by atoms with van der Waals surface area (Å²) in [4.78, 5) is 15.3. The SMILES string of the molecule is CCCOc1ccc(C2c3c(nn(C)c3C)C(=O)N2c2cc(C)c3nnc(C)n3n2)cc1. The van der Waals surface area contributed by atoms with Gasteiger partial charge in [-0.2, -0.15) is 9.61 Å². The van der Waals surface area contributed by atoms with Crippen molar-refractivity contribution in [1.29, 1.82) is 0 Å². The van der Waals surface area contributed by atoms with Crippen molar-refractivity contribution in [2.45, 2.75) is 40.2 Å². The maximum atomic E-state index is 13.6. The molecule has 0 fully saturated rings. The van der Waals surface area contributed by atoms with Crippen LogP contribution in [0.4, 0.5) is 5.82 Å². The third-order valence-electron chi connectivity index (χ3n) is 5.95. The average molecular weight is 432 g/mol. The van der Waals surface area contributed by atoms with E-state index in [1.807, 2.05) is 58.2 Å². The molecule has 0 spiro atoms. The number of fused-ring (bicyclic) bond motifs is 2. The second kappa shape index (κ2) is 7.44. The van der Waals surface area contributed by atoms with Gasteiger partial charge in [-0.1, -0.05) is 19.1 Å². The molecule has 1 aliphatic rings. The minimum absolute atomic E-state index is 0.169. The van der Waals surface area contributed by atoms with Crippen molar-refractivity contribution in [3.8, 4) is 5.75 Å². The van der Waals surface area contributed by atoms with E-state index >= 15 is 0 Å². The number of ether oxygens (including phenoxy) is 1. The zero-order valence-electron chi connectivity index (χ0n) is 18.8. The van der Waals surface area contributed by atoms with Gasteiger partial charge in [0.1, 0.15) is 5.75 Å². The Bertz CT molecular complexity index is 1340.